The van der Waals surface area contributed by atoms with E-state index in [1.807, 2.05) is 0 Å². The van der Waals surface area contributed by atoms with E-state index < -0.39 is 0 Å². The second kappa shape index (κ2) is 7.26. The Morgan fingerprint density at radius 3 is 1.58 bits per heavy atom. The number of fused-ring (bicyclic) bond motifs is 1. The van der Waals surface area contributed by atoms with Crippen molar-refractivity contribution in [2.75, 3.05) is 11.7 Å². The van der Waals surface area contributed by atoms with Gasteiger partial charge in [0.15, 0.2) is 0 Å². The predicted molar refractivity (Wildman–Crippen MR) is 103 cm³/mol. The molecule has 26 heavy (non-hydrogen) atoms. The zero-order chi connectivity index (χ0) is 17.9. The summed E-state index contributed by atoms with van der Waals surface area (Å²) in [6.45, 7) is 0. The Hall–Kier alpha value is -2.72. The lowest BCUT2D eigenvalue weighted by atomic mass is 10.1. The molecule has 0 atom stereocenters. The van der Waals surface area contributed by atoms with Crippen LogP contribution in [0.1, 0.15) is 11.1 Å². The second-order valence-electron chi connectivity index (χ2n) is 5.63. The third-order valence-electron chi connectivity index (χ3n) is 3.79. The van der Waals surface area contributed by atoms with Crippen LogP contribution >= 0.6 is 23.5 Å². The van der Waals surface area contributed by atoms with E-state index in [4.69, 9.17) is 11.7 Å². The van der Waals surface area contributed by atoms with Crippen molar-refractivity contribution in [3.8, 4) is 0 Å². The van der Waals surface area contributed by atoms with Crippen LogP contribution < -0.4 is 11.7 Å². The average Bonchev–Trinajstić information content (AvgIpc) is 3.25. The molecule has 0 radical (unpaired) electrons. The first-order valence-electron chi connectivity index (χ1n) is 7.76. The third-order valence-corrected chi connectivity index (χ3v) is 5.84. The Balaban J connectivity index is 1.45. The fourth-order valence-corrected chi connectivity index (χ4v) is 4.04. The third kappa shape index (κ3) is 3.60. The average molecular weight is 384 g/mol. The zero-order valence-corrected chi connectivity index (χ0v) is 15.3. The number of nitrogens with two attached hydrogens (primary N) is 2. The highest BCUT2D eigenvalue weighted by atomic mass is 32.2. The lowest BCUT2D eigenvalue weighted by Crippen LogP contribution is -2.07. The van der Waals surface area contributed by atoms with Crippen molar-refractivity contribution in [1.29, 1.82) is 0 Å². The largest absolute Gasteiger partial charge is 0.336 e. The van der Waals surface area contributed by atoms with Gasteiger partial charge < -0.3 is 11.7 Å². The molecule has 0 unspecified atom stereocenters. The molecule has 0 fully saturated rings. The molecule has 4 rings (SSSR count). The summed E-state index contributed by atoms with van der Waals surface area (Å²) in [4.78, 5) is 0. The Morgan fingerprint density at radius 2 is 1.19 bits per heavy atom. The Kier molecular flexibility index (Phi) is 4.67. The fourth-order valence-electron chi connectivity index (χ4n) is 2.49. The van der Waals surface area contributed by atoms with E-state index in [2.05, 4.69) is 56.8 Å². The normalized spacial score (nSPS) is 11.2. The van der Waals surface area contributed by atoms with Crippen LogP contribution in [0.3, 0.4) is 0 Å². The molecule has 10 heteroatoms. The molecule has 8 nitrogen and oxygen atoms in total. The maximum atomic E-state index is 5.74. The first-order chi connectivity index (χ1) is 12.7. The smallest absolute Gasteiger partial charge is 0.209 e. The standard InChI is InChI=1S/C16H16N8S2/c17-23-9-19-21-15(23)25-7-11-1-3-13-6-12(2-4-14(13)5-11)8-26-16-22-20-10-24(16)18/h1-6,9-10H,7-8,17-18H2. The van der Waals surface area contributed by atoms with Crippen LogP contribution in [0.25, 0.3) is 10.8 Å². The zero-order valence-electron chi connectivity index (χ0n) is 13.7. The number of rotatable bonds is 6. The van der Waals surface area contributed by atoms with Crippen LogP contribution in [0.2, 0.25) is 0 Å². The number of thioether (sulfide) groups is 2. The molecule has 0 spiro atoms. The second-order valence-corrected chi connectivity index (χ2v) is 7.52. The number of hydrogen-bond acceptors (Lipinski definition) is 8. The van der Waals surface area contributed by atoms with Crippen LogP contribution in [0, 0.1) is 0 Å². The molecule has 132 valence electrons. The van der Waals surface area contributed by atoms with Gasteiger partial charge in [-0.3, -0.25) is 0 Å². The van der Waals surface area contributed by atoms with Crippen LogP contribution in [0.15, 0.2) is 59.4 Å². The van der Waals surface area contributed by atoms with E-state index in [0.717, 1.165) is 11.5 Å². The minimum absolute atomic E-state index is 0.699. The van der Waals surface area contributed by atoms with Crippen molar-refractivity contribution in [1.82, 2.24) is 29.7 Å². The lowest BCUT2D eigenvalue weighted by Gasteiger charge is -2.06. The molecule has 0 amide bonds. The van der Waals surface area contributed by atoms with Crippen LogP contribution in [0.4, 0.5) is 0 Å². The predicted octanol–water partition coefficient (Wildman–Crippen LogP) is 2.03. The van der Waals surface area contributed by atoms with Gasteiger partial charge in [-0.05, 0) is 21.9 Å². The van der Waals surface area contributed by atoms with E-state index >= 15 is 0 Å². The summed E-state index contributed by atoms with van der Waals surface area (Å²) in [7, 11) is 0. The number of aromatic nitrogens is 6. The van der Waals surface area contributed by atoms with Crippen molar-refractivity contribution < 1.29 is 0 Å². The van der Waals surface area contributed by atoms with Crippen molar-refractivity contribution in [2.45, 2.75) is 21.8 Å². The van der Waals surface area contributed by atoms with Crippen LogP contribution in [-0.4, -0.2) is 29.7 Å². The van der Waals surface area contributed by atoms with E-state index in [1.165, 1.54) is 43.9 Å². The molecule has 0 saturated heterocycles. The van der Waals surface area contributed by atoms with Gasteiger partial charge >= 0.3 is 0 Å². The van der Waals surface area contributed by atoms with Gasteiger partial charge in [0.2, 0.25) is 10.3 Å². The first kappa shape index (κ1) is 16.7. The number of hydrogen-bond donors (Lipinski definition) is 2. The molecule has 0 aliphatic carbocycles. The summed E-state index contributed by atoms with van der Waals surface area (Å²) in [5.41, 5.74) is 2.42. The Labute approximate surface area is 157 Å². The van der Waals surface area contributed by atoms with E-state index in [9.17, 15) is 0 Å². The topological polar surface area (TPSA) is 113 Å². The minimum Gasteiger partial charge on any atom is -0.336 e. The molecular weight excluding hydrogens is 368 g/mol. The molecule has 4 N–H and O–H groups in total. The number of benzene rings is 2. The van der Waals surface area contributed by atoms with Crippen molar-refractivity contribution in [3.63, 3.8) is 0 Å². The van der Waals surface area contributed by atoms with Crippen LogP contribution in [-0.2, 0) is 11.5 Å². The maximum absolute atomic E-state index is 5.74. The van der Waals surface area contributed by atoms with Gasteiger partial charge in [-0.15, -0.1) is 20.4 Å². The fraction of sp³-hybridized carbons (Fsp3) is 0.125. The molecule has 2 aromatic heterocycles. The Morgan fingerprint density at radius 1 is 0.731 bits per heavy atom. The highest BCUT2D eigenvalue weighted by Gasteiger charge is 2.06. The van der Waals surface area contributed by atoms with Crippen molar-refractivity contribution in [3.05, 3.63) is 60.2 Å². The summed E-state index contributed by atoms with van der Waals surface area (Å²) in [6.07, 6.45) is 2.99. The molecule has 4 aromatic rings. The van der Waals surface area contributed by atoms with Gasteiger partial charge in [0, 0.05) is 11.5 Å². The lowest BCUT2D eigenvalue weighted by molar-refractivity contribution is 0.846. The number of nitrogens with zero attached hydrogens (tertiary/aromatic N) is 6. The highest BCUT2D eigenvalue weighted by molar-refractivity contribution is 7.98. The highest BCUT2D eigenvalue weighted by Crippen LogP contribution is 2.26. The van der Waals surface area contributed by atoms with Crippen molar-refractivity contribution >= 4 is 34.3 Å². The molecule has 2 heterocycles. The van der Waals surface area contributed by atoms with E-state index in [1.54, 1.807) is 23.5 Å². The summed E-state index contributed by atoms with van der Waals surface area (Å²) in [6, 6.07) is 12.9. The molecular formula is C16H16N8S2. The van der Waals surface area contributed by atoms with Crippen molar-refractivity contribution in [2.24, 2.45) is 0 Å². The molecule has 0 aliphatic heterocycles. The van der Waals surface area contributed by atoms with Gasteiger partial charge in [-0.25, -0.2) is 9.35 Å². The first-order valence-corrected chi connectivity index (χ1v) is 9.73. The summed E-state index contributed by atoms with van der Waals surface area (Å²) >= 11 is 3.12. The summed E-state index contributed by atoms with van der Waals surface area (Å²) in [5.74, 6) is 13.0. The maximum Gasteiger partial charge on any atom is 0.209 e. The minimum atomic E-state index is 0.699. The number of nitrogen functional groups attached to an aromatic ring is 2. The molecule has 0 aliphatic rings. The monoisotopic (exact) mass is 384 g/mol. The SMILES string of the molecule is Nn1cnnc1SCc1ccc2cc(CSc3nncn3N)ccc2c1. The van der Waals surface area contributed by atoms with Gasteiger partial charge in [-0.1, -0.05) is 59.9 Å². The quantitative estimate of drug-likeness (QED) is 0.383. The Bertz CT molecular complexity index is 958. The molecule has 0 bridgehead atoms. The molecule has 2 aromatic carbocycles. The van der Waals surface area contributed by atoms with E-state index in [0.29, 0.717) is 10.3 Å². The van der Waals surface area contributed by atoms with E-state index in [-0.39, 0.29) is 0 Å². The van der Waals surface area contributed by atoms with Gasteiger partial charge in [-0.2, -0.15) is 0 Å². The van der Waals surface area contributed by atoms with Gasteiger partial charge in [0.25, 0.3) is 0 Å². The molecule has 0 saturated carbocycles. The van der Waals surface area contributed by atoms with Crippen LogP contribution in [0.5, 0.6) is 0 Å². The van der Waals surface area contributed by atoms with Gasteiger partial charge in [0.05, 0.1) is 0 Å². The summed E-state index contributed by atoms with van der Waals surface area (Å²) < 4.78 is 2.86. The summed E-state index contributed by atoms with van der Waals surface area (Å²) in [5, 5.41) is 19.3. The van der Waals surface area contributed by atoms with Gasteiger partial charge in [0.1, 0.15) is 12.7 Å².